The summed E-state index contributed by atoms with van der Waals surface area (Å²) in [6.45, 7) is 8.56. The van der Waals surface area contributed by atoms with E-state index in [1.54, 1.807) is 36.6 Å². The van der Waals surface area contributed by atoms with Gasteiger partial charge in [-0.2, -0.15) is 5.26 Å². The van der Waals surface area contributed by atoms with Crippen molar-refractivity contribution in [3.63, 3.8) is 0 Å². The topological polar surface area (TPSA) is 121 Å². The highest BCUT2D eigenvalue weighted by molar-refractivity contribution is 7.99. The maximum absolute atomic E-state index is 11.6. The van der Waals surface area contributed by atoms with Crippen LogP contribution < -0.4 is 0 Å². The summed E-state index contributed by atoms with van der Waals surface area (Å²) >= 11 is 2.70. The Hall–Kier alpha value is -3.03. The van der Waals surface area contributed by atoms with Crippen molar-refractivity contribution in [3.05, 3.63) is 55.7 Å². The van der Waals surface area contributed by atoms with Crippen LogP contribution in [0.25, 0.3) is 0 Å². The molecule has 2 aromatic heterocycles. The summed E-state index contributed by atoms with van der Waals surface area (Å²) < 4.78 is 0. The first kappa shape index (κ1) is 23.1. The molecule has 3 aromatic rings. The van der Waals surface area contributed by atoms with Gasteiger partial charge in [-0.1, -0.05) is 26.8 Å². The van der Waals surface area contributed by atoms with Crippen LogP contribution in [0.3, 0.4) is 0 Å². The van der Waals surface area contributed by atoms with Crippen molar-refractivity contribution < 1.29 is 4.92 Å². The molecule has 1 N–H and O–H groups in total. The van der Waals surface area contributed by atoms with E-state index >= 15 is 0 Å². The van der Waals surface area contributed by atoms with Crippen molar-refractivity contribution in [3.8, 4) is 6.07 Å². The zero-order chi connectivity index (χ0) is 23.8. The van der Waals surface area contributed by atoms with E-state index in [-0.39, 0.29) is 11.1 Å². The molecule has 0 fully saturated rings. The van der Waals surface area contributed by atoms with E-state index in [4.69, 9.17) is 0 Å². The molecule has 0 bridgehead atoms. The molecule has 2 heterocycles. The Balaban J connectivity index is 1.60. The lowest BCUT2D eigenvalue weighted by Gasteiger charge is -2.33. The van der Waals surface area contributed by atoms with Gasteiger partial charge in [-0.15, -0.1) is 16.4 Å². The molecule has 0 radical (unpaired) electrons. The van der Waals surface area contributed by atoms with Gasteiger partial charge in [0.2, 0.25) is 5.16 Å². The SMILES string of the molecule is Cc1nc(Sc2ccc(C=Nc3sc4c(c3C#N)CC[C@H](C(C)(C)C)C4)cc2[N+](=O)[O-])n[nH]1. The largest absolute Gasteiger partial charge is 0.283 e. The van der Waals surface area contributed by atoms with E-state index < -0.39 is 4.92 Å². The number of thiophene rings is 1. The minimum atomic E-state index is -0.420. The second-order valence-corrected chi connectivity index (χ2v) is 11.2. The average molecular weight is 481 g/mol. The molecule has 0 saturated carbocycles. The van der Waals surface area contributed by atoms with Gasteiger partial charge in [0, 0.05) is 17.2 Å². The molecule has 8 nitrogen and oxygen atoms in total. The van der Waals surface area contributed by atoms with Crippen LogP contribution in [0.2, 0.25) is 0 Å². The number of nitriles is 1. The molecule has 1 aliphatic carbocycles. The number of aliphatic imine (C=N–C) groups is 1. The maximum atomic E-state index is 11.6. The highest BCUT2D eigenvalue weighted by Crippen LogP contribution is 2.45. The van der Waals surface area contributed by atoms with E-state index in [1.807, 2.05) is 0 Å². The molecule has 170 valence electrons. The second-order valence-electron chi connectivity index (χ2n) is 9.15. The van der Waals surface area contributed by atoms with Crippen molar-refractivity contribution in [2.75, 3.05) is 0 Å². The van der Waals surface area contributed by atoms with Gasteiger partial charge in [0.25, 0.3) is 5.69 Å². The maximum Gasteiger partial charge on any atom is 0.283 e. The van der Waals surface area contributed by atoms with Crippen LogP contribution in [0, 0.1) is 39.7 Å². The second kappa shape index (κ2) is 9.08. The fourth-order valence-corrected chi connectivity index (χ4v) is 6.03. The monoisotopic (exact) mass is 480 g/mol. The molecule has 33 heavy (non-hydrogen) atoms. The molecule has 1 aliphatic rings. The number of fused-ring (bicyclic) bond motifs is 1. The third-order valence-electron chi connectivity index (χ3n) is 5.87. The van der Waals surface area contributed by atoms with Crippen molar-refractivity contribution in [2.24, 2.45) is 16.3 Å². The molecule has 10 heteroatoms. The van der Waals surface area contributed by atoms with E-state index in [0.717, 1.165) is 36.6 Å². The normalized spacial score (nSPS) is 16.0. The molecule has 1 aromatic carbocycles. The number of aromatic amines is 1. The molecule has 1 atom stereocenters. The lowest BCUT2D eigenvalue weighted by Crippen LogP contribution is -2.26. The van der Waals surface area contributed by atoms with Crippen molar-refractivity contribution in [1.82, 2.24) is 15.2 Å². The lowest BCUT2D eigenvalue weighted by atomic mass is 9.72. The number of aromatic nitrogens is 3. The summed E-state index contributed by atoms with van der Waals surface area (Å²) in [7, 11) is 0. The van der Waals surface area contributed by atoms with Gasteiger partial charge in [0.1, 0.15) is 16.9 Å². The molecule has 0 aliphatic heterocycles. The zero-order valence-corrected chi connectivity index (χ0v) is 20.5. The number of H-pyrrole nitrogens is 1. The first-order chi connectivity index (χ1) is 15.7. The van der Waals surface area contributed by atoms with Gasteiger partial charge in [0.15, 0.2) is 0 Å². The van der Waals surface area contributed by atoms with E-state index in [2.05, 4.69) is 47.0 Å². The van der Waals surface area contributed by atoms with Crippen LogP contribution in [0.15, 0.2) is 33.2 Å². The van der Waals surface area contributed by atoms with E-state index in [0.29, 0.717) is 37.9 Å². The molecular formula is C23H24N6O2S2. The fraction of sp³-hybridized carbons (Fsp3) is 0.391. The van der Waals surface area contributed by atoms with E-state index in [9.17, 15) is 15.4 Å². The van der Waals surface area contributed by atoms with Crippen molar-refractivity contribution >= 4 is 40.0 Å². The highest BCUT2D eigenvalue weighted by Gasteiger charge is 2.32. The Labute approximate surface area is 200 Å². The fourth-order valence-electron chi connectivity index (χ4n) is 3.96. The third kappa shape index (κ3) is 4.99. The van der Waals surface area contributed by atoms with Gasteiger partial charge >= 0.3 is 0 Å². The first-order valence-corrected chi connectivity index (χ1v) is 12.2. The zero-order valence-electron chi connectivity index (χ0n) is 18.9. The van der Waals surface area contributed by atoms with Gasteiger partial charge in [0.05, 0.1) is 15.4 Å². The van der Waals surface area contributed by atoms with Crippen LogP contribution in [-0.2, 0) is 12.8 Å². The summed E-state index contributed by atoms with van der Waals surface area (Å²) in [6.07, 6.45) is 4.52. The predicted octanol–water partition coefficient (Wildman–Crippen LogP) is 6.01. The molecule has 0 amide bonds. The minimum absolute atomic E-state index is 0.0367. The number of nitrogens with zero attached hydrogens (tertiary/aromatic N) is 5. The summed E-state index contributed by atoms with van der Waals surface area (Å²) in [5.74, 6) is 1.22. The number of benzene rings is 1. The molecule has 4 rings (SSSR count). The quantitative estimate of drug-likeness (QED) is 0.271. The van der Waals surface area contributed by atoms with Crippen LogP contribution in [-0.4, -0.2) is 26.3 Å². The standard InChI is InChI=1S/C23H24N6O2S2/c1-13-26-22(28-27-13)33-19-8-5-14(9-18(19)29(30)31)12-25-21-17(11-24)16-7-6-15(23(2,3)4)10-20(16)32-21/h5,8-9,12,15H,6-7,10H2,1-4H3,(H,26,27,28)/t15-/m0/s1. The Morgan fingerprint density at radius 1 is 1.42 bits per heavy atom. The number of nitro groups is 1. The smallest absolute Gasteiger partial charge is 0.262 e. The summed E-state index contributed by atoms with van der Waals surface area (Å²) in [5.41, 5.74) is 2.54. The Bertz CT molecular complexity index is 1280. The minimum Gasteiger partial charge on any atom is -0.262 e. The van der Waals surface area contributed by atoms with Crippen molar-refractivity contribution in [1.29, 1.82) is 5.26 Å². The molecule has 0 unspecified atom stereocenters. The summed E-state index contributed by atoms with van der Waals surface area (Å²) in [4.78, 5) is 21.7. The molecule has 0 saturated heterocycles. The predicted molar refractivity (Wildman–Crippen MR) is 130 cm³/mol. The van der Waals surface area contributed by atoms with Crippen LogP contribution >= 0.6 is 23.1 Å². The Morgan fingerprint density at radius 3 is 2.85 bits per heavy atom. The van der Waals surface area contributed by atoms with Crippen molar-refractivity contribution in [2.45, 2.75) is 57.0 Å². The third-order valence-corrected chi connectivity index (χ3v) is 7.96. The summed E-state index contributed by atoms with van der Waals surface area (Å²) in [5, 5.41) is 29.3. The number of hydrogen-bond donors (Lipinski definition) is 1. The lowest BCUT2D eigenvalue weighted by molar-refractivity contribution is -0.387. The van der Waals surface area contributed by atoms with E-state index in [1.165, 1.54) is 10.9 Å². The average Bonchev–Trinajstić information content (AvgIpc) is 3.33. The molecule has 0 spiro atoms. The number of rotatable bonds is 5. The van der Waals surface area contributed by atoms with Gasteiger partial charge in [-0.3, -0.25) is 15.2 Å². The first-order valence-electron chi connectivity index (χ1n) is 10.6. The van der Waals surface area contributed by atoms with Gasteiger partial charge < -0.3 is 0 Å². The number of nitro benzene ring substituents is 1. The number of hydrogen-bond acceptors (Lipinski definition) is 8. The van der Waals surface area contributed by atoms with Crippen LogP contribution in [0.5, 0.6) is 0 Å². The number of aryl methyl sites for hydroxylation is 1. The Morgan fingerprint density at radius 2 is 2.21 bits per heavy atom. The van der Waals surface area contributed by atoms with Crippen LogP contribution in [0.4, 0.5) is 10.7 Å². The van der Waals surface area contributed by atoms with Gasteiger partial charge in [-0.25, -0.2) is 9.98 Å². The highest BCUT2D eigenvalue weighted by atomic mass is 32.2. The summed E-state index contributed by atoms with van der Waals surface area (Å²) in [6, 6.07) is 7.26. The molecular weight excluding hydrogens is 456 g/mol. The number of nitrogens with one attached hydrogen (secondary N) is 1. The van der Waals surface area contributed by atoms with Crippen LogP contribution in [0.1, 0.15) is 54.6 Å². The Kier molecular flexibility index (Phi) is 6.36. The van der Waals surface area contributed by atoms with Gasteiger partial charge in [-0.05, 0) is 66.5 Å².